The highest BCUT2D eigenvalue weighted by Gasteiger charge is 2.16. The normalized spacial score (nSPS) is 14.8. The molecule has 2 aromatic carbocycles. The van der Waals surface area contributed by atoms with Crippen molar-refractivity contribution in [1.82, 2.24) is 0 Å². The van der Waals surface area contributed by atoms with Crippen LogP contribution in [0, 0.1) is 5.82 Å². The first kappa shape index (κ1) is 13.4. The molecule has 2 aromatic rings. The molecule has 104 valence electrons. The van der Waals surface area contributed by atoms with Gasteiger partial charge in [0.15, 0.2) is 0 Å². The molecule has 0 bridgehead atoms. The van der Waals surface area contributed by atoms with Crippen LogP contribution in [0.1, 0.15) is 22.7 Å². The van der Waals surface area contributed by atoms with Crippen molar-refractivity contribution in [2.24, 2.45) is 5.73 Å². The first-order valence-corrected chi connectivity index (χ1v) is 6.96. The van der Waals surface area contributed by atoms with Crippen LogP contribution in [0.15, 0.2) is 36.4 Å². The van der Waals surface area contributed by atoms with Gasteiger partial charge in [0.2, 0.25) is 0 Å². The van der Waals surface area contributed by atoms with Crippen molar-refractivity contribution in [3.05, 3.63) is 63.9 Å². The van der Waals surface area contributed by atoms with E-state index in [4.69, 9.17) is 22.1 Å². The number of rotatable bonds is 3. The minimum Gasteiger partial charge on any atom is -0.493 e. The van der Waals surface area contributed by atoms with E-state index in [1.807, 2.05) is 12.1 Å². The summed E-state index contributed by atoms with van der Waals surface area (Å²) in [4.78, 5) is 0. The molecule has 20 heavy (non-hydrogen) atoms. The Hall–Kier alpha value is -1.58. The molecule has 0 saturated heterocycles. The van der Waals surface area contributed by atoms with E-state index in [9.17, 15) is 4.39 Å². The van der Waals surface area contributed by atoms with E-state index in [0.717, 1.165) is 29.9 Å². The Balaban J connectivity index is 1.80. The molecule has 0 amide bonds. The number of ether oxygens (including phenoxy) is 1. The van der Waals surface area contributed by atoms with Crippen LogP contribution >= 0.6 is 11.6 Å². The third kappa shape index (κ3) is 2.65. The lowest BCUT2D eigenvalue weighted by Gasteiger charge is -2.14. The van der Waals surface area contributed by atoms with Gasteiger partial charge >= 0.3 is 0 Å². The average Bonchev–Trinajstić information content (AvgIpc) is 2.89. The van der Waals surface area contributed by atoms with Crippen LogP contribution < -0.4 is 10.5 Å². The molecule has 1 aliphatic rings. The van der Waals surface area contributed by atoms with Gasteiger partial charge in [0, 0.05) is 17.5 Å². The monoisotopic (exact) mass is 291 g/mol. The van der Waals surface area contributed by atoms with E-state index in [2.05, 4.69) is 6.07 Å². The molecule has 0 saturated carbocycles. The molecule has 1 unspecified atom stereocenters. The van der Waals surface area contributed by atoms with Gasteiger partial charge in [-0.3, -0.25) is 0 Å². The SMILES string of the molecule is NC(Cc1ccc(F)cc1Cl)c1ccc2c(c1)CCO2. The summed E-state index contributed by atoms with van der Waals surface area (Å²) in [6, 6.07) is 10.3. The van der Waals surface area contributed by atoms with Gasteiger partial charge in [0.05, 0.1) is 6.61 Å². The van der Waals surface area contributed by atoms with Gasteiger partial charge in [-0.25, -0.2) is 4.39 Å². The maximum absolute atomic E-state index is 13.0. The summed E-state index contributed by atoms with van der Waals surface area (Å²) in [5.41, 5.74) is 9.34. The minimum atomic E-state index is -0.331. The number of nitrogens with two attached hydrogens (primary N) is 1. The lowest BCUT2D eigenvalue weighted by atomic mass is 9.97. The Bertz CT molecular complexity index is 644. The summed E-state index contributed by atoms with van der Waals surface area (Å²) in [6.07, 6.45) is 1.51. The Morgan fingerprint density at radius 1 is 1.25 bits per heavy atom. The third-order valence-electron chi connectivity index (χ3n) is 3.60. The highest BCUT2D eigenvalue weighted by atomic mass is 35.5. The topological polar surface area (TPSA) is 35.2 Å². The van der Waals surface area contributed by atoms with E-state index >= 15 is 0 Å². The van der Waals surface area contributed by atoms with E-state index in [0.29, 0.717) is 11.4 Å². The van der Waals surface area contributed by atoms with Crippen molar-refractivity contribution >= 4 is 11.6 Å². The van der Waals surface area contributed by atoms with E-state index in [1.54, 1.807) is 6.07 Å². The number of hydrogen-bond donors (Lipinski definition) is 1. The van der Waals surface area contributed by atoms with Crippen molar-refractivity contribution in [3.8, 4) is 5.75 Å². The van der Waals surface area contributed by atoms with Crippen LogP contribution in [0.2, 0.25) is 5.02 Å². The number of benzene rings is 2. The Morgan fingerprint density at radius 2 is 2.10 bits per heavy atom. The van der Waals surface area contributed by atoms with E-state index in [1.165, 1.54) is 17.7 Å². The number of halogens is 2. The Labute approximate surface area is 122 Å². The third-order valence-corrected chi connectivity index (χ3v) is 3.95. The second-order valence-electron chi connectivity index (χ2n) is 5.01. The number of fused-ring (bicyclic) bond motifs is 1. The highest BCUT2D eigenvalue weighted by molar-refractivity contribution is 6.31. The molecule has 3 rings (SSSR count). The quantitative estimate of drug-likeness (QED) is 0.937. The van der Waals surface area contributed by atoms with Crippen molar-refractivity contribution < 1.29 is 9.13 Å². The fourth-order valence-electron chi connectivity index (χ4n) is 2.48. The van der Waals surface area contributed by atoms with Gasteiger partial charge < -0.3 is 10.5 Å². The lowest BCUT2D eigenvalue weighted by Crippen LogP contribution is -2.13. The molecular formula is C16H15ClFNO. The molecule has 1 aliphatic heterocycles. The van der Waals surface area contributed by atoms with Gasteiger partial charge in [0.1, 0.15) is 11.6 Å². The smallest absolute Gasteiger partial charge is 0.124 e. The zero-order valence-electron chi connectivity index (χ0n) is 10.9. The first-order chi connectivity index (χ1) is 9.63. The summed E-state index contributed by atoms with van der Waals surface area (Å²) in [7, 11) is 0. The van der Waals surface area contributed by atoms with Crippen LogP contribution in [0.3, 0.4) is 0 Å². The van der Waals surface area contributed by atoms with E-state index in [-0.39, 0.29) is 11.9 Å². The minimum absolute atomic E-state index is 0.163. The fraction of sp³-hybridized carbons (Fsp3) is 0.250. The summed E-state index contributed by atoms with van der Waals surface area (Å²) in [5, 5.41) is 0.421. The van der Waals surface area contributed by atoms with Crippen molar-refractivity contribution in [1.29, 1.82) is 0 Å². The molecule has 4 heteroatoms. The molecule has 0 aromatic heterocycles. The molecule has 0 radical (unpaired) electrons. The fourth-order valence-corrected chi connectivity index (χ4v) is 2.72. The van der Waals surface area contributed by atoms with Crippen molar-refractivity contribution in [2.75, 3.05) is 6.61 Å². The summed E-state index contributed by atoms with van der Waals surface area (Å²) < 4.78 is 18.5. The molecule has 0 fully saturated rings. The highest BCUT2D eigenvalue weighted by Crippen LogP contribution is 2.29. The number of hydrogen-bond acceptors (Lipinski definition) is 2. The molecule has 2 nitrogen and oxygen atoms in total. The Kier molecular flexibility index (Phi) is 3.64. The van der Waals surface area contributed by atoms with E-state index < -0.39 is 0 Å². The predicted molar refractivity (Wildman–Crippen MR) is 77.7 cm³/mol. The van der Waals surface area contributed by atoms with Gasteiger partial charge in [-0.2, -0.15) is 0 Å². The molecule has 0 aliphatic carbocycles. The van der Waals surface area contributed by atoms with Crippen LogP contribution in [0.25, 0.3) is 0 Å². The lowest BCUT2D eigenvalue weighted by molar-refractivity contribution is 0.357. The standard InChI is InChI=1S/C16H15ClFNO/c17-14-9-13(18)3-1-10(14)8-15(19)11-2-4-16-12(7-11)5-6-20-16/h1-4,7,9,15H,5-6,8,19H2. The van der Waals surface area contributed by atoms with Gasteiger partial charge in [-0.05, 0) is 41.3 Å². The van der Waals surface area contributed by atoms with Crippen molar-refractivity contribution in [3.63, 3.8) is 0 Å². The van der Waals surface area contributed by atoms with Gasteiger partial charge in [-0.15, -0.1) is 0 Å². The van der Waals surface area contributed by atoms with Crippen LogP contribution in [0.5, 0.6) is 5.75 Å². The van der Waals surface area contributed by atoms with Gasteiger partial charge in [0.25, 0.3) is 0 Å². The molecular weight excluding hydrogens is 277 g/mol. The maximum atomic E-state index is 13.0. The molecule has 1 heterocycles. The molecule has 1 atom stereocenters. The second kappa shape index (κ2) is 5.43. The average molecular weight is 292 g/mol. The van der Waals surface area contributed by atoms with Crippen LogP contribution in [-0.2, 0) is 12.8 Å². The second-order valence-corrected chi connectivity index (χ2v) is 5.42. The van der Waals surface area contributed by atoms with Gasteiger partial charge in [-0.1, -0.05) is 29.8 Å². The largest absolute Gasteiger partial charge is 0.493 e. The van der Waals surface area contributed by atoms with Crippen molar-refractivity contribution in [2.45, 2.75) is 18.9 Å². The Morgan fingerprint density at radius 3 is 2.90 bits per heavy atom. The predicted octanol–water partition coefficient (Wildman–Crippen LogP) is 3.66. The first-order valence-electron chi connectivity index (χ1n) is 6.58. The molecule has 0 spiro atoms. The van der Waals surface area contributed by atoms with Crippen LogP contribution in [-0.4, -0.2) is 6.61 Å². The maximum Gasteiger partial charge on any atom is 0.124 e. The molecule has 2 N–H and O–H groups in total. The zero-order chi connectivity index (χ0) is 14.1. The summed E-state index contributed by atoms with van der Waals surface area (Å²) >= 11 is 6.04. The summed E-state index contributed by atoms with van der Waals surface area (Å²) in [6.45, 7) is 0.734. The summed E-state index contributed by atoms with van der Waals surface area (Å²) in [5.74, 6) is 0.614. The zero-order valence-corrected chi connectivity index (χ0v) is 11.7. The van der Waals surface area contributed by atoms with Crippen LogP contribution in [0.4, 0.5) is 4.39 Å².